The van der Waals surface area contributed by atoms with Gasteiger partial charge in [0, 0.05) is 0 Å². The van der Waals surface area contributed by atoms with Crippen molar-refractivity contribution in [3.8, 4) is 11.5 Å². The maximum absolute atomic E-state index is 12.2. The summed E-state index contributed by atoms with van der Waals surface area (Å²) in [7, 11) is 0. The van der Waals surface area contributed by atoms with Crippen molar-refractivity contribution in [3.63, 3.8) is 0 Å². The van der Waals surface area contributed by atoms with Crippen LogP contribution in [-0.2, 0) is 4.79 Å². The highest BCUT2D eigenvalue weighted by molar-refractivity contribution is 5.81. The molecule has 1 aliphatic heterocycles. The number of primary amides is 1. The van der Waals surface area contributed by atoms with E-state index in [1.54, 1.807) is 0 Å². The second-order valence-corrected chi connectivity index (χ2v) is 3.94. The first-order chi connectivity index (χ1) is 8.87. The summed E-state index contributed by atoms with van der Waals surface area (Å²) in [6, 6.07) is 3.17. The molecule has 0 bridgehead atoms. The number of alkyl halides is 3. The third-order valence-corrected chi connectivity index (χ3v) is 2.52. The number of carbonyl (C=O) groups is 1. The predicted molar refractivity (Wildman–Crippen MR) is 58.6 cm³/mol. The van der Waals surface area contributed by atoms with Crippen LogP contribution in [0, 0.1) is 0 Å². The third-order valence-electron chi connectivity index (χ3n) is 2.52. The fourth-order valence-corrected chi connectivity index (χ4v) is 1.69. The van der Waals surface area contributed by atoms with E-state index in [0.29, 0.717) is 17.1 Å². The minimum Gasteiger partial charge on any atom is -0.454 e. The Morgan fingerprint density at radius 1 is 1.37 bits per heavy atom. The number of benzene rings is 1. The Hall–Kier alpha value is -1.96. The van der Waals surface area contributed by atoms with Gasteiger partial charge in [-0.05, 0) is 17.7 Å². The van der Waals surface area contributed by atoms with Gasteiger partial charge in [0.2, 0.25) is 12.7 Å². The van der Waals surface area contributed by atoms with E-state index in [4.69, 9.17) is 15.2 Å². The third kappa shape index (κ3) is 3.28. The lowest BCUT2D eigenvalue weighted by Crippen LogP contribution is -2.38. The maximum Gasteiger partial charge on any atom is 0.401 e. The average molecular weight is 276 g/mol. The maximum atomic E-state index is 12.2. The molecule has 1 aromatic rings. The molecule has 5 nitrogen and oxygen atoms in total. The number of fused-ring (bicyclic) bond motifs is 1. The molecule has 0 aromatic heterocycles. The van der Waals surface area contributed by atoms with Crippen LogP contribution in [0.1, 0.15) is 11.6 Å². The number of nitrogens with two attached hydrogens (primary N) is 1. The molecule has 0 saturated heterocycles. The van der Waals surface area contributed by atoms with E-state index in [0.717, 1.165) is 0 Å². The first kappa shape index (κ1) is 13.5. The van der Waals surface area contributed by atoms with E-state index in [1.165, 1.54) is 18.2 Å². The molecule has 1 amide bonds. The Morgan fingerprint density at radius 3 is 2.68 bits per heavy atom. The zero-order valence-electron chi connectivity index (χ0n) is 9.66. The van der Waals surface area contributed by atoms with E-state index in [1.807, 2.05) is 0 Å². The average Bonchev–Trinajstić information content (AvgIpc) is 2.74. The fraction of sp³-hybridized carbons (Fsp3) is 0.364. The van der Waals surface area contributed by atoms with E-state index < -0.39 is 24.7 Å². The molecular formula is C11H11F3N2O3. The van der Waals surface area contributed by atoms with Crippen LogP contribution in [0.4, 0.5) is 13.2 Å². The highest BCUT2D eigenvalue weighted by Gasteiger charge is 2.30. The largest absolute Gasteiger partial charge is 0.454 e. The first-order valence-corrected chi connectivity index (χ1v) is 5.36. The van der Waals surface area contributed by atoms with E-state index >= 15 is 0 Å². The first-order valence-electron chi connectivity index (χ1n) is 5.36. The van der Waals surface area contributed by atoms with Gasteiger partial charge < -0.3 is 15.2 Å². The van der Waals surface area contributed by atoms with Gasteiger partial charge in [0.25, 0.3) is 0 Å². The smallest absolute Gasteiger partial charge is 0.401 e. The molecule has 1 aromatic carbocycles. The summed E-state index contributed by atoms with van der Waals surface area (Å²) in [5.74, 6) is -0.0523. The number of halogens is 3. The van der Waals surface area contributed by atoms with Crippen molar-refractivity contribution < 1.29 is 27.4 Å². The topological polar surface area (TPSA) is 73.6 Å². The second kappa shape index (κ2) is 4.96. The van der Waals surface area contributed by atoms with Crippen molar-refractivity contribution in [2.75, 3.05) is 13.3 Å². The molecule has 104 valence electrons. The van der Waals surface area contributed by atoms with E-state index in [-0.39, 0.29) is 6.79 Å². The van der Waals surface area contributed by atoms with Crippen LogP contribution in [0.2, 0.25) is 0 Å². The second-order valence-electron chi connectivity index (χ2n) is 3.94. The van der Waals surface area contributed by atoms with Crippen molar-refractivity contribution in [3.05, 3.63) is 23.8 Å². The van der Waals surface area contributed by atoms with Crippen LogP contribution in [0.5, 0.6) is 11.5 Å². The molecule has 0 spiro atoms. The van der Waals surface area contributed by atoms with Crippen molar-refractivity contribution in [2.45, 2.75) is 12.2 Å². The zero-order valence-corrected chi connectivity index (χ0v) is 9.66. The summed E-state index contributed by atoms with van der Waals surface area (Å²) >= 11 is 0. The summed E-state index contributed by atoms with van der Waals surface area (Å²) in [5.41, 5.74) is 5.40. The highest BCUT2D eigenvalue weighted by atomic mass is 19.4. The molecule has 1 aliphatic rings. The number of amides is 1. The van der Waals surface area contributed by atoms with Crippen LogP contribution >= 0.6 is 0 Å². The minimum atomic E-state index is -4.43. The van der Waals surface area contributed by atoms with Crippen molar-refractivity contribution in [1.29, 1.82) is 0 Å². The Labute approximate surface area is 106 Å². The Bertz CT molecular complexity index is 491. The van der Waals surface area contributed by atoms with Crippen LogP contribution in [0.25, 0.3) is 0 Å². The SMILES string of the molecule is NC(=O)C(NCC(F)(F)F)c1ccc2c(c1)OCO2. The lowest BCUT2D eigenvalue weighted by molar-refractivity contribution is -0.130. The molecule has 8 heteroatoms. The summed E-state index contributed by atoms with van der Waals surface area (Å²) < 4.78 is 46.6. The molecule has 2 rings (SSSR count). The van der Waals surface area contributed by atoms with Gasteiger partial charge in [0.15, 0.2) is 11.5 Å². The van der Waals surface area contributed by atoms with Gasteiger partial charge in [-0.3, -0.25) is 10.1 Å². The number of nitrogens with one attached hydrogen (secondary N) is 1. The van der Waals surface area contributed by atoms with Gasteiger partial charge in [-0.25, -0.2) is 0 Å². The van der Waals surface area contributed by atoms with Gasteiger partial charge >= 0.3 is 6.18 Å². The number of ether oxygens (including phenoxy) is 2. The van der Waals surface area contributed by atoms with Crippen molar-refractivity contribution in [1.82, 2.24) is 5.32 Å². The highest BCUT2D eigenvalue weighted by Crippen LogP contribution is 2.34. The van der Waals surface area contributed by atoms with E-state index in [9.17, 15) is 18.0 Å². The Morgan fingerprint density at radius 2 is 2.05 bits per heavy atom. The van der Waals surface area contributed by atoms with Gasteiger partial charge in [0.1, 0.15) is 6.04 Å². The number of rotatable bonds is 4. The van der Waals surface area contributed by atoms with Crippen LogP contribution in [0.15, 0.2) is 18.2 Å². The molecule has 19 heavy (non-hydrogen) atoms. The number of hydrogen-bond acceptors (Lipinski definition) is 4. The molecule has 0 radical (unpaired) electrons. The zero-order chi connectivity index (χ0) is 14.0. The van der Waals surface area contributed by atoms with E-state index in [2.05, 4.69) is 5.32 Å². The summed E-state index contributed by atoms with van der Waals surface area (Å²) in [4.78, 5) is 11.2. The molecule has 3 N–H and O–H groups in total. The van der Waals surface area contributed by atoms with Crippen molar-refractivity contribution in [2.24, 2.45) is 5.73 Å². The van der Waals surface area contributed by atoms with Crippen molar-refractivity contribution >= 4 is 5.91 Å². The fourth-order valence-electron chi connectivity index (χ4n) is 1.69. The van der Waals surface area contributed by atoms with Gasteiger partial charge in [0.05, 0.1) is 6.54 Å². The lowest BCUT2D eigenvalue weighted by atomic mass is 10.1. The predicted octanol–water partition coefficient (Wildman–Crippen LogP) is 1.09. The molecule has 0 aliphatic carbocycles. The van der Waals surface area contributed by atoms with Crippen LogP contribution in [0.3, 0.4) is 0 Å². The Kier molecular flexibility index (Phi) is 3.52. The summed E-state index contributed by atoms with van der Waals surface area (Å²) in [6.45, 7) is -1.27. The molecule has 1 atom stereocenters. The monoisotopic (exact) mass is 276 g/mol. The van der Waals surface area contributed by atoms with Gasteiger partial charge in [-0.15, -0.1) is 0 Å². The molecule has 1 heterocycles. The van der Waals surface area contributed by atoms with Crippen LogP contribution in [-0.4, -0.2) is 25.4 Å². The quantitative estimate of drug-likeness (QED) is 0.863. The molecule has 0 saturated carbocycles. The normalized spacial score (nSPS) is 15.3. The number of hydrogen-bond donors (Lipinski definition) is 2. The molecule has 0 fully saturated rings. The van der Waals surface area contributed by atoms with Crippen LogP contribution < -0.4 is 20.5 Å². The van der Waals surface area contributed by atoms with Gasteiger partial charge in [-0.2, -0.15) is 13.2 Å². The van der Waals surface area contributed by atoms with Gasteiger partial charge in [-0.1, -0.05) is 6.07 Å². The molecule has 1 unspecified atom stereocenters. The lowest BCUT2D eigenvalue weighted by Gasteiger charge is -2.17. The number of carbonyl (C=O) groups excluding carboxylic acids is 1. The molecular weight excluding hydrogens is 265 g/mol. The minimum absolute atomic E-state index is 0.0377. The summed E-state index contributed by atoms with van der Waals surface area (Å²) in [5, 5.41) is 2.07. The summed E-state index contributed by atoms with van der Waals surface area (Å²) in [6.07, 6.45) is -4.43. The standard InChI is InChI=1S/C11H11F3N2O3/c12-11(13,14)4-16-9(10(15)17)6-1-2-7-8(3-6)19-5-18-7/h1-3,9,16H,4-5H2,(H2,15,17). The Balaban J connectivity index is 2.17.